The van der Waals surface area contributed by atoms with Crippen molar-refractivity contribution in [3.05, 3.63) is 0 Å². The monoisotopic (exact) mass is 321 g/mol. The standard InChI is InChI=1S/C18H27NO4/c1-3-11-12-6-5-7-15(20)19-9-8-13(17(12)19)14(18(11)22)10-16(21)23-4-2/h11-14,17H,3-10H2,1-2H3/t11-,12-,13-,14-,17-/m1/s1. The number of carbonyl (C=O) groups is 3. The molecule has 3 fully saturated rings. The van der Waals surface area contributed by atoms with Gasteiger partial charge in [-0.3, -0.25) is 14.4 Å². The van der Waals surface area contributed by atoms with Gasteiger partial charge in [0.1, 0.15) is 5.78 Å². The van der Waals surface area contributed by atoms with Crippen LogP contribution in [0.25, 0.3) is 0 Å². The van der Waals surface area contributed by atoms with Crippen LogP contribution in [-0.4, -0.2) is 41.8 Å². The Morgan fingerprint density at radius 2 is 1.91 bits per heavy atom. The zero-order valence-electron chi connectivity index (χ0n) is 14.1. The number of carbonyl (C=O) groups excluding carboxylic acids is 3. The van der Waals surface area contributed by atoms with Gasteiger partial charge in [-0.15, -0.1) is 0 Å². The lowest BCUT2D eigenvalue weighted by Crippen LogP contribution is -2.53. The molecule has 3 rings (SSSR count). The molecule has 23 heavy (non-hydrogen) atoms. The van der Waals surface area contributed by atoms with Crippen molar-refractivity contribution in [2.45, 2.75) is 58.4 Å². The van der Waals surface area contributed by atoms with Crippen LogP contribution in [0.4, 0.5) is 0 Å². The van der Waals surface area contributed by atoms with E-state index in [0.29, 0.717) is 13.0 Å². The van der Waals surface area contributed by atoms with E-state index in [-0.39, 0.29) is 53.8 Å². The van der Waals surface area contributed by atoms with Gasteiger partial charge in [0, 0.05) is 30.8 Å². The minimum Gasteiger partial charge on any atom is -0.466 e. The molecule has 5 atom stereocenters. The van der Waals surface area contributed by atoms with E-state index in [1.54, 1.807) is 6.92 Å². The number of ether oxygens (including phenoxy) is 1. The largest absolute Gasteiger partial charge is 0.466 e. The molecule has 0 spiro atoms. The SMILES string of the molecule is CCOC(=O)C[C@H]1C(=O)[C@H](CC)[C@H]2CCCC(=O)N3CC[C@H]1[C@@H]23. The lowest BCUT2D eigenvalue weighted by Gasteiger charge is -2.44. The van der Waals surface area contributed by atoms with E-state index >= 15 is 0 Å². The molecular weight excluding hydrogens is 294 g/mol. The van der Waals surface area contributed by atoms with Crippen LogP contribution in [0.2, 0.25) is 0 Å². The first kappa shape index (κ1) is 16.5. The quantitative estimate of drug-likeness (QED) is 0.745. The minimum absolute atomic E-state index is 0.0119. The Kier molecular flexibility index (Phi) is 4.74. The second-order valence-corrected chi connectivity index (χ2v) is 7.12. The zero-order valence-corrected chi connectivity index (χ0v) is 14.1. The highest BCUT2D eigenvalue weighted by Gasteiger charge is 2.55. The first-order chi connectivity index (χ1) is 11.1. The van der Waals surface area contributed by atoms with E-state index in [9.17, 15) is 14.4 Å². The Labute approximate surface area is 137 Å². The first-order valence-corrected chi connectivity index (χ1v) is 9.07. The van der Waals surface area contributed by atoms with Crippen molar-refractivity contribution < 1.29 is 19.1 Å². The Bertz CT molecular complexity index is 503. The Morgan fingerprint density at radius 1 is 1.17 bits per heavy atom. The maximum Gasteiger partial charge on any atom is 0.306 e. The molecule has 0 aromatic carbocycles. The van der Waals surface area contributed by atoms with E-state index in [1.807, 2.05) is 4.90 Å². The lowest BCUT2D eigenvalue weighted by molar-refractivity contribution is -0.151. The molecule has 0 unspecified atom stereocenters. The van der Waals surface area contributed by atoms with Gasteiger partial charge in [0.2, 0.25) is 5.91 Å². The molecule has 5 nitrogen and oxygen atoms in total. The fourth-order valence-electron chi connectivity index (χ4n) is 5.21. The Hall–Kier alpha value is -1.39. The summed E-state index contributed by atoms with van der Waals surface area (Å²) in [4.78, 5) is 39.4. The summed E-state index contributed by atoms with van der Waals surface area (Å²) in [5.74, 6) is 0.338. The molecule has 0 aromatic heterocycles. The third kappa shape index (κ3) is 2.79. The van der Waals surface area contributed by atoms with Gasteiger partial charge in [0.15, 0.2) is 0 Å². The molecule has 1 saturated carbocycles. The van der Waals surface area contributed by atoms with Crippen molar-refractivity contribution in [3.63, 3.8) is 0 Å². The number of rotatable bonds is 4. The third-order valence-corrected chi connectivity index (χ3v) is 6.09. The van der Waals surface area contributed by atoms with Crippen molar-refractivity contribution >= 4 is 17.7 Å². The highest BCUT2D eigenvalue weighted by atomic mass is 16.5. The summed E-state index contributed by atoms with van der Waals surface area (Å²) in [6, 6.07) is 0.159. The fourth-order valence-corrected chi connectivity index (χ4v) is 5.21. The summed E-state index contributed by atoms with van der Waals surface area (Å²) in [5.41, 5.74) is 0. The molecule has 0 N–H and O–H groups in total. The van der Waals surface area contributed by atoms with Gasteiger partial charge in [-0.1, -0.05) is 6.92 Å². The molecule has 1 aliphatic carbocycles. The highest BCUT2D eigenvalue weighted by Crippen LogP contribution is 2.49. The number of Topliss-reactive ketones (excluding diaryl/α,β-unsaturated/α-hetero) is 1. The molecule has 2 heterocycles. The number of amides is 1. The number of nitrogens with zero attached hydrogens (tertiary/aromatic N) is 1. The summed E-state index contributed by atoms with van der Waals surface area (Å²) in [6.45, 7) is 4.93. The van der Waals surface area contributed by atoms with Crippen molar-refractivity contribution in [1.29, 1.82) is 0 Å². The molecule has 2 aliphatic heterocycles. The van der Waals surface area contributed by atoms with Gasteiger partial charge in [-0.05, 0) is 44.4 Å². The summed E-state index contributed by atoms with van der Waals surface area (Å²) in [7, 11) is 0. The van der Waals surface area contributed by atoms with E-state index < -0.39 is 0 Å². The normalized spacial score (nSPS) is 36.6. The molecule has 1 amide bonds. The summed E-state index contributed by atoms with van der Waals surface area (Å²) in [6.07, 6.45) is 4.27. The maximum absolute atomic E-state index is 13.0. The van der Waals surface area contributed by atoms with Gasteiger partial charge >= 0.3 is 5.97 Å². The van der Waals surface area contributed by atoms with Crippen LogP contribution in [0, 0.1) is 23.7 Å². The van der Waals surface area contributed by atoms with Crippen LogP contribution in [0.5, 0.6) is 0 Å². The molecule has 0 aromatic rings. The average Bonchev–Trinajstić information content (AvgIpc) is 2.89. The van der Waals surface area contributed by atoms with E-state index in [1.165, 1.54) is 0 Å². The van der Waals surface area contributed by atoms with Crippen LogP contribution in [0.3, 0.4) is 0 Å². The predicted octanol–water partition coefficient (Wildman–Crippen LogP) is 2.18. The highest BCUT2D eigenvalue weighted by molar-refractivity contribution is 5.89. The molecule has 2 saturated heterocycles. The van der Waals surface area contributed by atoms with Crippen LogP contribution < -0.4 is 0 Å². The molecule has 5 heteroatoms. The third-order valence-electron chi connectivity index (χ3n) is 6.09. The first-order valence-electron chi connectivity index (χ1n) is 9.07. The molecule has 0 bridgehead atoms. The lowest BCUT2D eigenvalue weighted by atomic mass is 9.62. The van der Waals surface area contributed by atoms with Crippen molar-refractivity contribution in [2.75, 3.05) is 13.2 Å². The summed E-state index contributed by atoms with van der Waals surface area (Å²) in [5, 5.41) is 0. The zero-order chi connectivity index (χ0) is 16.6. The van der Waals surface area contributed by atoms with Crippen LogP contribution >= 0.6 is 0 Å². The van der Waals surface area contributed by atoms with Crippen molar-refractivity contribution in [1.82, 2.24) is 4.90 Å². The summed E-state index contributed by atoms with van der Waals surface area (Å²) >= 11 is 0. The number of hydrogen-bond acceptors (Lipinski definition) is 4. The van der Waals surface area contributed by atoms with Crippen LogP contribution in [-0.2, 0) is 19.1 Å². The number of ketones is 1. The second kappa shape index (κ2) is 6.62. The molecule has 0 radical (unpaired) electrons. The van der Waals surface area contributed by atoms with Gasteiger partial charge < -0.3 is 9.64 Å². The second-order valence-electron chi connectivity index (χ2n) is 7.12. The molecular formula is C18H27NO4. The smallest absolute Gasteiger partial charge is 0.306 e. The van der Waals surface area contributed by atoms with E-state index in [4.69, 9.17) is 4.74 Å². The molecule has 3 aliphatic rings. The number of hydrogen-bond donors (Lipinski definition) is 0. The van der Waals surface area contributed by atoms with Crippen molar-refractivity contribution in [3.8, 4) is 0 Å². The van der Waals surface area contributed by atoms with Gasteiger partial charge in [-0.2, -0.15) is 0 Å². The van der Waals surface area contributed by atoms with Crippen molar-refractivity contribution in [2.24, 2.45) is 23.7 Å². The van der Waals surface area contributed by atoms with Crippen LogP contribution in [0.15, 0.2) is 0 Å². The van der Waals surface area contributed by atoms with Gasteiger partial charge in [0.25, 0.3) is 0 Å². The minimum atomic E-state index is -0.280. The Morgan fingerprint density at radius 3 is 2.61 bits per heavy atom. The number of esters is 1. The van der Waals surface area contributed by atoms with Crippen LogP contribution in [0.1, 0.15) is 52.4 Å². The molecule has 128 valence electrons. The topological polar surface area (TPSA) is 63.7 Å². The predicted molar refractivity (Wildman–Crippen MR) is 84.5 cm³/mol. The summed E-state index contributed by atoms with van der Waals surface area (Å²) < 4.78 is 5.08. The van der Waals surface area contributed by atoms with E-state index in [2.05, 4.69) is 6.92 Å². The van der Waals surface area contributed by atoms with Gasteiger partial charge in [0.05, 0.1) is 13.0 Å². The van der Waals surface area contributed by atoms with E-state index in [0.717, 1.165) is 32.2 Å². The average molecular weight is 321 g/mol. The fraction of sp³-hybridized carbons (Fsp3) is 0.833. The maximum atomic E-state index is 13.0. The van der Waals surface area contributed by atoms with Gasteiger partial charge in [-0.25, -0.2) is 0 Å². The Balaban J connectivity index is 1.89.